The smallest absolute Gasteiger partial charge is 0.241 e. The highest BCUT2D eigenvalue weighted by molar-refractivity contribution is 5.85. The fourth-order valence-electron chi connectivity index (χ4n) is 3.66. The summed E-state index contributed by atoms with van der Waals surface area (Å²) in [5.74, 6) is 0.689. The molecule has 2 fully saturated rings. The minimum atomic E-state index is 0.0118. The summed E-state index contributed by atoms with van der Waals surface area (Å²) in [5, 5.41) is 3.46. The van der Waals surface area contributed by atoms with Crippen molar-refractivity contribution < 1.29 is 4.79 Å². The molecule has 0 radical (unpaired) electrons. The normalized spacial score (nSPS) is 36.4. The van der Waals surface area contributed by atoms with E-state index in [0.29, 0.717) is 17.9 Å². The molecule has 1 amide bonds. The third-order valence-corrected chi connectivity index (χ3v) is 4.81. The molecular formula is C15H28N2O. The largest absolute Gasteiger partial charge is 0.323 e. The van der Waals surface area contributed by atoms with Crippen molar-refractivity contribution >= 4 is 5.91 Å². The summed E-state index contributed by atoms with van der Waals surface area (Å²) >= 11 is 0. The van der Waals surface area contributed by atoms with Crippen molar-refractivity contribution in [3.63, 3.8) is 0 Å². The number of rotatable bonds is 2. The molecule has 3 atom stereocenters. The van der Waals surface area contributed by atoms with Gasteiger partial charge in [0.1, 0.15) is 0 Å². The quantitative estimate of drug-likeness (QED) is 0.819. The van der Waals surface area contributed by atoms with Crippen LogP contribution in [0.4, 0.5) is 0 Å². The van der Waals surface area contributed by atoms with E-state index in [-0.39, 0.29) is 17.6 Å². The highest BCUT2D eigenvalue weighted by Crippen LogP contribution is 2.40. The molecule has 18 heavy (non-hydrogen) atoms. The van der Waals surface area contributed by atoms with E-state index in [1.807, 2.05) is 0 Å². The number of nitrogens with one attached hydrogen (secondary N) is 1. The van der Waals surface area contributed by atoms with Crippen molar-refractivity contribution in [2.24, 2.45) is 11.3 Å². The molecular weight excluding hydrogens is 224 g/mol. The van der Waals surface area contributed by atoms with Crippen LogP contribution in [0.5, 0.6) is 0 Å². The lowest BCUT2D eigenvalue weighted by atomic mass is 9.72. The van der Waals surface area contributed by atoms with E-state index in [9.17, 15) is 4.79 Å². The van der Waals surface area contributed by atoms with Gasteiger partial charge in [0.2, 0.25) is 5.91 Å². The fourth-order valence-corrected chi connectivity index (χ4v) is 3.66. The van der Waals surface area contributed by atoms with Crippen molar-refractivity contribution in [2.75, 3.05) is 0 Å². The molecule has 0 spiro atoms. The Balaban J connectivity index is 2.19. The van der Waals surface area contributed by atoms with Crippen LogP contribution < -0.4 is 5.32 Å². The van der Waals surface area contributed by atoms with Crippen LogP contribution in [-0.2, 0) is 4.79 Å². The van der Waals surface area contributed by atoms with Gasteiger partial charge in [0.25, 0.3) is 0 Å². The zero-order chi connectivity index (χ0) is 13.5. The van der Waals surface area contributed by atoms with Gasteiger partial charge in [-0.25, -0.2) is 0 Å². The van der Waals surface area contributed by atoms with Gasteiger partial charge in [0.15, 0.2) is 0 Å². The Morgan fingerprint density at radius 3 is 2.50 bits per heavy atom. The maximum absolute atomic E-state index is 12.6. The van der Waals surface area contributed by atoms with Crippen LogP contribution in [0.25, 0.3) is 0 Å². The first kappa shape index (κ1) is 13.9. The SMILES string of the molecule is CC(C)C1NC(C)N(C2CCCCC2(C)C)C1=O. The van der Waals surface area contributed by atoms with Crippen molar-refractivity contribution in [1.82, 2.24) is 10.2 Å². The molecule has 1 aliphatic carbocycles. The molecule has 0 aromatic heterocycles. The zero-order valence-corrected chi connectivity index (χ0v) is 12.5. The van der Waals surface area contributed by atoms with Crippen molar-refractivity contribution in [2.45, 2.75) is 78.6 Å². The van der Waals surface area contributed by atoms with Crippen LogP contribution in [0.15, 0.2) is 0 Å². The third-order valence-electron chi connectivity index (χ3n) is 4.81. The summed E-state index contributed by atoms with van der Waals surface area (Å²) in [6.45, 7) is 11.0. The Labute approximate surface area is 111 Å². The number of nitrogens with zero attached hydrogens (tertiary/aromatic N) is 1. The van der Waals surface area contributed by atoms with Gasteiger partial charge >= 0.3 is 0 Å². The second-order valence-electron chi connectivity index (χ2n) is 7.06. The minimum absolute atomic E-state index is 0.0118. The van der Waals surface area contributed by atoms with Crippen LogP contribution >= 0.6 is 0 Å². The van der Waals surface area contributed by atoms with Crippen LogP contribution in [0.1, 0.15) is 60.3 Å². The average Bonchev–Trinajstić information content (AvgIpc) is 2.55. The molecule has 1 saturated heterocycles. The van der Waals surface area contributed by atoms with Gasteiger partial charge in [-0.05, 0) is 31.1 Å². The molecule has 104 valence electrons. The van der Waals surface area contributed by atoms with E-state index < -0.39 is 0 Å². The highest BCUT2D eigenvalue weighted by Gasteiger charge is 2.46. The van der Waals surface area contributed by atoms with Gasteiger partial charge in [-0.1, -0.05) is 40.5 Å². The summed E-state index contributed by atoms with van der Waals surface area (Å²) < 4.78 is 0. The highest BCUT2D eigenvalue weighted by atomic mass is 16.2. The van der Waals surface area contributed by atoms with Gasteiger partial charge in [-0.3, -0.25) is 10.1 Å². The van der Waals surface area contributed by atoms with Gasteiger partial charge in [0.05, 0.1) is 12.2 Å². The number of carbonyl (C=O) groups excluding carboxylic acids is 1. The molecule has 2 rings (SSSR count). The molecule has 0 aromatic rings. The molecule has 3 nitrogen and oxygen atoms in total. The van der Waals surface area contributed by atoms with E-state index in [1.165, 1.54) is 19.3 Å². The van der Waals surface area contributed by atoms with Crippen LogP contribution in [-0.4, -0.2) is 29.1 Å². The monoisotopic (exact) mass is 252 g/mol. The van der Waals surface area contributed by atoms with Gasteiger partial charge in [-0.15, -0.1) is 0 Å². The summed E-state index contributed by atoms with van der Waals surface area (Å²) in [7, 11) is 0. The number of amides is 1. The van der Waals surface area contributed by atoms with Crippen molar-refractivity contribution in [3.05, 3.63) is 0 Å². The Morgan fingerprint density at radius 2 is 2.00 bits per heavy atom. The fraction of sp³-hybridized carbons (Fsp3) is 0.933. The second-order valence-corrected chi connectivity index (χ2v) is 7.06. The van der Waals surface area contributed by atoms with Crippen LogP contribution in [0, 0.1) is 11.3 Å². The van der Waals surface area contributed by atoms with E-state index >= 15 is 0 Å². The molecule has 3 unspecified atom stereocenters. The van der Waals surface area contributed by atoms with E-state index in [1.54, 1.807) is 0 Å². The first-order valence-electron chi connectivity index (χ1n) is 7.43. The van der Waals surface area contributed by atoms with E-state index in [0.717, 1.165) is 6.42 Å². The average molecular weight is 252 g/mol. The van der Waals surface area contributed by atoms with Gasteiger partial charge < -0.3 is 4.90 Å². The summed E-state index contributed by atoms with van der Waals surface area (Å²) in [4.78, 5) is 14.8. The standard InChI is InChI=1S/C15H28N2O/c1-10(2)13-14(18)17(11(3)16-13)12-8-6-7-9-15(12,4)5/h10-13,16H,6-9H2,1-5H3. The molecule has 2 aliphatic rings. The third kappa shape index (κ3) is 2.29. The van der Waals surface area contributed by atoms with Crippen LogP contribution in [0.3, 0.4) is 0 Å². The van der Waals surface area contributed by atoms with Gasteiger partial charge in [-0.2, -0.15) is 0 Å². The zero-order valence-electron chi connectivity index (χ0n) is 12.5. The Bertz CT molecular complexity index is 324. The number of carbonyl (C=O) groups is 1. The summed E-state index contributed by atoms with van der Waals surface area (Å²) in [6.07, 6.45) is 5.15. The maximum Gasteiger partial charge on any atom is 0.241 e. The van der Waals surface area contributed by atoms with Crippen molar-refractivity contribution in [3.8, 4) is 0 Å². The molecule has 1 aliphatic heterocycles. The summed E-state index contributed by atoms with van der Waals surface area (Å²) in [5.41, 5.74) is 0.260. The molecule has 1 saturated carbocycles. The number of hydrogen-bond donors (Lipinski definition) is 1. The lowest BCUT2D eigenvalue weighted by molar-refractivity contribution is -0.136. The number of hydrogen-bond acceptors (Lipinski definition) is 2. The van der Waals surface area contributed by atoms with Gasteiger partial charge in [0, 0.05) is 6.04 Å². The molecule has 1 heterocycles. The van der Waals surface area contributed by atoms with E-state index in [4.69, 9.17) is 0 Å². The minimum Gasteiger partial charge on any atom is -0.323 e. The second kappa shape index (κ2) is 4.84. The molecule has 0 aromatic carbocycles. The Hall–Kier alpha value is -0.570. The van der Waals surface area contributed by atoms with Crippen LogP contribution in [0.2, 0.25) is 0 Å². The maximum atomic E-state index is 12.6. The van der Waals surface area contributed by atoms with E-state index in [2.05, 4.69) is 44.8 Å². The first-order valence-corrected chi connectivity index (χ1v) is 7.43. The molecule has 3 heteroatoms. The molecule has 1 N–H and O–H groups in total. The summed E-state index contributed by atoms with van der Waals surface area (Å²) in [6, 6.07) is 0.419. The Kier molecular flexibility index (Phi) is 3.72. The predicted octanol–water partition coefficient (Wildman–Crippen LogP) is 2.76. The lowest BCUT2D eigenvalue weighted by Crippen LogP contribution is -2.51. The Morgan fingerprint density at radius 1 is 1.33 bits per heavy atom. The topological polar surface area (TPSA) is 32.3 Å². The predicted molar refractivity (Wildman–Crippen MR) is 74.1 cm³/mol. The lowest BCUT2D eigenvalue weighted by Gasteiger charge is -2.45. The molecule has 0 bridgehead atoms. The first-order chi connectivity index (χ1) is 8.34. The van der Waals surface area contributed by atoms with Crippen molar-refractivity contribution in [1.29, 1.82) is 0 Å².